The van der Waals surface area contributed by atoms with E-state index in [4.69, 9.17) is 16.6 Å². The van der Waals surface area contributed by atoms with Crippen molar-refractivity contribution in [3.05, 3.63) is 54.0 Å². The number of hydrogen-bond acceptors (Lipinski definition) is 3. The van der Waals surface area contributed by atoms with E-state index >= 15 is 0 Å². The summed E-state index contributed by atoms with van der Waals surface area (Å²) in [6.45, 7) is 3.93. The number of nitrogens with one attached hydrogen (secondary N) is 2. The number of thiocarbonyl (C=S) groups is 1. The van der Waals surface area contributed by atoms with E-state index in [9.17, 15) is 0 Å². The van der Waals surface area contributed by atoms with Crippen LogP contribution >= 0.6 is 12.2 Å². The summed E-state index contributed by atoms with van der Waals surface area (Å²) in [7, 11) is 0. The van der Waals surface area contributed by atoms with Gasteiger partial charge in [0.2, 0.25) is 0 Å². The molecule has 1 saturated heterocycles. The van der Waals surface area contributed by atoms with Gasteiger partial charge in [0, 0.05) is 0 Å². The van der Waals surface area contributed by atoms with E-state index < -0.39 is 5.66 Å². The number of anilines is 1. The average Bonchev–Trinajstić information content (AvgIpc) is 2.96. The molecule has 0 radical (unpaired) electrons. The summed E-state index contributed by atoms with van der Waals surface area (Å²) in [5.41, 5.74) is 3.82. The number of furan rings is 1. The fraction of sp³-hybridized carbons (Fsp3) is 0.214. The zero-order chi connectivity index (χ0) is 13.5. The molecule has 1 aliphatic rings. The lowest BCUT2D eigenvalue weighted by molar-refractivity contribution is 0.300. The van der Waals surface area contributed by atoms with Crippen LogP contribution in [-0.2, 0) is 5.66 Å². The van der Waals surface area contributed by atoms with Gasteiger partial charge in [-0.05, 0) is 50.3 Å². The van der Waals surface area contributed by atoms with E-state index in [-0.39, 0.29) is 0 Å². The molecule has 0 spiro atoms. The van der Waals surface area contributed by atoms with Gasteiger partial charge in [0.25, 0.3) is 0 Å². The van der Waals surface area contributed by atoms with Gasteiger partial charge in [0.1, 0.15) is 11.5 Å². The van der Waals surface area contributed by atoms with Crippen LogP contribution in [0, 0.1) is 6.92 Å². The Morgan fingerprint density at radius 3 is 2.53 bits per heavy atom. The van der Waals surface area contributed by atoms with Crippen LogP contribution in [0.2, 0.25) is 0 Å². The molecule has 98 valence electrons. The van der Waals surface area contributed by atoms with Crippen molar-refractivity contribution >= 4 is 23.0 Å². The summed E-state index contributed by atoms with van der Waals surface area (Å²) in [5.74, 6) is 1.69. The third-order valence-corrected chi connectivity index (χ3v) is 3.43. The van der Waals surface area contributed by atoms with Gasteiger partial charge in [0.05, 0.1) is 5.69 Å². The second-order valence-electron chi connectivity index (χ2n) is 4.75. The van der Waals surface area contributed by atoms with Gasteiger partial charge in [0.15, 0.2) is 10.8 Å². The zero-order valence-corrected chi connectivity index (χ0v) is 11.6. The van der Waals surface area contributed by atoms with Crippen LogP contribution in [0.4, 0.5) is 5.69 Å². The van der Waals surface area contributed by atoms with Crippen LogP contribution < -0.4 is 15.8 Å². The minimum atomic E-state index is -0.527. The second kappa shape index (κ2) is 4.36. The molecule has 0 bridgehead atoms. The van der Waals surface area contributed by atoms with Crippen molar-refractivity contribution in [2.45, 2.75) is 19.5 Å². The lowest BCUT2D eigenvalue weighted by Crippen LogP contribution is -2.45. The Kier molecular flexibility index (Phi) is 2.80. The number of hydrogen-bond donors (Lipinski definition) is 2. The topological polar surface area (TPSA) is 40.4 Å². The van der Waals surface area contributed by atoms with E-state index in [1.165, 1.54) is 0 Å². The van der Waals surface area contributed by atoms with Crippen molar-refractivity contribution in [2.75, 3.05) is 5.01 Å². The normalized spacial score (nSPS) is 22.6. The molecule has 0 aliphatic carbocycles. The highest BCUT2D eigenvalue weighted by Crippen LogP contribution is 2.27. The fourth-order valence-corrected chi connectivity index (χ4v) is 2.51. The van der Waals surface area contributed by atoms with E-state index in [1.54, 1.807) is 0 Å². The summed E-state index contributed by atoms with van der Waals surface area (Å²) in [5, 5.41) is 5.74. The highest BCUT2D eigenvalue weighted by molar-refractivity contribution is 7.80. The van der Waals surface area contributed by atoms with Crippen molar-refractivity contribution in [2.24, 2.45) is 0 Å². The van der Waals surface area contributed by atoms with E-state index in [0.717, 1.165) is 17.2 Å². The molecule has 1 aromatic heterocycles. The summed E-state index contributed by atoms with van der Waals surface area (Å²) in [6.07, 6.45) is 0. The smallest absolute Gasteiger partial charge is 0.190 e. The average molecular weight is 273 g/mol. The molecular weight excluding hydrogens is 258 g/mol. The van der Waals surface area contributed by atoms with E-state index in [0.29, 0.717) is 5.11 Å². The molecule has 0 saturated carbocycles. The maximum atomic E-state index is 5.69. The monoisotopic (exact) mass is 273 g/mol. The standard InChI is InChI=1S/C14H15N3OS/c1-10-8-9-12(18-10)14(2)15-13(19)17(16-14)11-6-4-3-5-7-11/h3-9,16H,1-2H3,(H,15,19)/t14-/m0/s1. The minimum absolute atomic E-state index is 0.527. The van der Waals surface area contributed by atoms with Gasteiger partial charge < -0.3 is 9.73 Å². The predicted octanol–water partition coefficient (Wildman–Crippen LogP) is 2.66. The maximum absolute atomic E-state index is 5.69. The van der Waals surface area contributed by atoms with Gasteiger partial charge in [-0.1, -0.05) is 18.2 Å². The van der Waals surface area contributed by atoms with Gasteiger partial charge >= 0.3 is 0 Å². The van der Waals surface area contributed by atoms with Crippen LogP contribution in [0.25, 0.3) is 0 Å². The maximum Gasteiger partial charge on any atom is 0.190 e. The number of benzene rings is 1. The van der Waals surface area contributed by atoms with Crippen LogP contribution in [0.5, 0.6) is 0 Å². The summed E-state index contributed by atoms with van der Waals surface area (Å²) >= 11 is 5.39. The molecule has 4 nitrogen and oxygen atoms in total. The molecule has 1 atom stereocenters. The van der Waals surface area contributed by atoms with Crippen LogP contribution in [0.1, 0.15) is 18.4 Å². The number of para-hydroxylation sites is 1. The molecular formula is C14H15N3OS. The Morgan fingerprint density at radius 2 is 1.89 bits per heavy atom. The molecule has 5 heteroatoms. The van der Waals surface area contributed by atoms with Crippen molar-refractivity contribution in [3.8, 4) is 0 Å². The van der Waals surface area contributed by atoms with E-state index in [2.05, 4.69) is 10.7 Å². The van der Waals surface area contributed by atoms with Crippen LogP contribution in [0.3, 0.4) is 0 Å². The van der Waals surface area contributed by atoms with Crippen molar-refractivity contribution in [1.29, 1.82) is 0 Å². The summed E-state index contributed by atoms with van der Waals surface area (Å²) in [6, 6.07) is 13.8. The summed E-state index contributed by atoms with van der Waals surface area (Å²) in [4.78, 5) is 0. The molecule has 0 amide bonds. The van der Waals surface area contributed by atoms with Crippen LogP contribution in [-0.4, -0.2) is 5.11 Å². The Hall–Kier alpha value is -1.85. The molecule has 19 heavy (non-hydrogen) atoms. The molecule has 0 unspecified atom stereocenters. The first-order valence-electron chi connectivity index (χ1n) is 6.10. The molecule has 1 fully saturated rings. The third-order valence-electron chi connectivity index (χ3n) is 3.14. The number of aryl methyl sites for hydroxylation is 1. The van der Waals surface area contributed by atoms with Gasteiger partial charge in [-0.2, -0.15) is 5.43 Å². The van der Waals surface area contributed by atoms with E-state index in [1.807, 2.05) is 61.3 Å². The molecule has 2 aromatic rings. The lowest BCUT2D eigenvalue weighted by Gasteiger charge is -2.23. The first kappa shape index (κ1) is 12.2. The summed E-state index contributed by atoms with van der Waals surface area (Å²) < 4.78 is 5.69. The first-order chi connectivity index (χ1) is 9.08. The number of rotatable bonds is 2. The molecule has 1 aromatic carbocycles. The third kappa shape index (κ3) is 2.11. The van der Waals surface area contributed by atoms with Gasteiger partial charge in [-0.3, -0.25) is 0 Å². The SMILES string of the molecule is Cc1ccc([C@@]2(C)NC(=S)N(c3ccccc3)N2)o1. The lowest BCUT2D eigenvalue weighted by atomic mass is 10.1. The quantitative estimate of drug-likeness (QED) is 0.823. The van der Waals surface area contributed by atoms with Crippen molar-refractivity contribution in [1.82, 2.24) is 10.7 Å². The molecule has 2 N–H and O–H groups in total. The highest BCUT2D eigenvalue weighted by atomic mass is 32.1. The molecule has 1 aliphatic heterocycles. The second-order valence-corrected chi connectivity index (χ2v) is 5.13. The molecule has 3 rings (SSSR count). The predicted molar refractivity (Wildman–Crippen MR) is 78.6 cm³/mol. The van der Waals surface area contributed by atoms with Gasteiger partial charge in [-0.15, -0.1) is 0 Å². The van der Waals surface area contributed by atoms with Crippen LogP contribution in [0.15, 0.2) is 46.9 Å². The Labute approximate surface area is 117 Å². The Bertz CT molecular complexity index is 610. The fourth-order valence-electron chi connectivity index (χ4n) is 2.15. The number of hydrazine groups is 1. The first-order valence-corrected chi connectivity index (χ1v) is 6.51. The Morgan fingerprint density at radius 1 is 1.16 bits per heavy atom. The minimum Gasteiger partial charge on any atom is -0.462 e. The largest absolute Gasteiger partial charge is 0.462 e. The van der Waals surface area contributed by atoms with Crippen molar-refractivity contribution in [3.63, 3.8) is 0 Å². The zero-order valence-electron chi connectivity index (χ0n) is 10.8. The number of nitrogens with zero attached hydrogens (tertiary/aromatic N) is 1. The van der Waals surface area contributed by atoms with Crippen molar-refractivity contribution < 1.29 is 4.42 Å². The molecule has 2 heterocycles. The highest BCUT2D eigenvalue weighted by Gasteiger charge is 2.40. The van der Waals surface area contributed by atoms with Gasteiger partial charge in [-0.25, -0.2) is 5.01 Å². The Balaban J connectivity index is 1.91.